The molecule has 0 saturated carbocycles. The fourth-order valence-corrected chi connectivity index (χ4v) is 2.27. The number of para-hydroxylation sites is 1. The zero-order valence-corrected chi connectivity index (χ0v) is 13.7. The maximum atomic E-state index is 12.0. The Bertz CT molecular complexity index is 753. The van der Waals surface area contributed by atoms with Gasteiger partial charge in [0.15, 0.2) is 12.4 Å². The summed E-state index contributed by atoms with van der Waals surface area (Å²) >= 11 is 0. The van der Waals surface area contributed by atoms with Gasteiger partial charge in [-0.05, 0) is 37.1 Å². The zero-order valence-electron chi connectivity index (χ0n) is 13.7. The number of ether oxygens (including phenoxy) is 2. The van der Waals surface area contributed by atoms with Crippen molar-refractivity contribution in [1.82, 2.24) is 0 Å². The zero-order chi connectivity index (χ0) is 17.7. The van der Waals surface area contributed by atoms with Crippen molar-refractivity contribution in [3.8, 4) is 11.5 Å². The van der Waals surface area contributed by atoms with E-state index in [0.29, 0.717) is 11.4 Å². The van der Waals surface area contributed by atoms with Crippen LogP contribution in [0.25, 0.3) is 0 Å². The summed E-state index contributed by atoms with van der Waals surface area (Å²) in [5.41, 5.74) is 1.95. The highest BCUT2D eigenvalue weighted by atomic mass is 16.6. The monoisotopic (exact) mass is 330 g/mol. The number of anilines is 1. The van der Waals surface area contributed by atoms with Crippen molar-refractivity contribution >= 4 is 17.3 Å². The molecule has 126 valence electrons. The molecule has 0 saturated heterocycles. The Hall–Kier alpha value is -3.09. The average Bonchev–Trinajstić information content (AvgIpc) is 2.54. The normalized spacial score (nSPS) is 10.1. The van der Waals surface area contributed by atoms with E-state index in [4.69, 9.17) is 9.47 Å². The van der Waals surface area contributed by atoms with Crippen LogP contribution in [0.3, 0.4) is 0 Å². The third-order valence-corrected chi connectivity index (χ3v) is 3.42. The van der Waals surface area contributed by atoms with Crippen LogP contribution in [-0.4, -0.2) is 24.5 Å². The van der Waals surface area contributed by atoms with Crippen LogP contribution in [-0.2, 0) is 4.79 Å². The van der Waals surface area contributed by atoms with Crippen LogP contribution >= 0.6 is 0 Å². The Morgan fingerprint density at radius 2 is 1.88 bits per heavy atom. The number of nitro groups is 1. The summed E-state index contributed by atoms with van der Waals surface area (Å²) in [4.78, 5) is 22.4. The molecule has 0 aliphatic carbocycles. The lowest BCUT2D eigenvalue weighted by Crippen LogP contribution is -2.20. The van der Waals surface area contributed by atoms with Gasteiger partial charge in [0, 0.05) is 11.8 Å². The first-order valence-electron chi connectivity index (χ1n) is 7.23. The standard InChI is InChI=1S/C17H18N2O5/c1-11-5-4-6-12(2)17(11)24-10-16(20)18-13-7-8-15(23-3)14(9-13)19(21)22/h4-9H,10H2,1-3H3,(H,18,20). The minimum absolute atomic E-state index is 0.129. The molecule has 7 nitrogen and oxygen atoms in total. The number of carbonyl (C=O) groups is 1. The lowest BCUT2D eigenvalue weighted by Gasteiger charge is -2.12. The Morgan fingerprint density at radius 1 is 1.21 bits per heavy atom. The Balaban J connectivity index is 2.05. The van der Waals surface area contributed by atoms with Gasteiger partial charge in [0.2, 0.25) is 0 Å². The molecule has 0 radical (unpaired) electrons. The van der Waals surface area contributed by atoms with Crippen molar-refractivity contribution in [2.24, 2.45) is 0 Å². The lowest BCUT2D eigenvalue weighted by molar-refractivity contribution is -0.385. The van der Waals surface area contributed by atoms with Crippen molar-refractivity contribution in [1.29, 1.82) is 0 Å². The Labute approximate surface area is 139 Å². The number of amides is 1. The number of nitrogens with one attached hydrogen (secondary N) is 1. The predicted octanol–water partition coefficient (Wildman–Crippen LogP) is 3.24. The summed E-state index contributed by atoms with van der Waals surface area (Å²) in [7, 11) is 1.35. The predicted molar refractivity (Wildman–Crippen MR) is 89.7 cm³/mol. The van der Waals surface area contributed by atoms with Crippen molar-refractivity contribution < 1.29 is 19.2 Å². The van der Waals surface area contributed by atoms with Gasteiger partial charge >= 0.3 is 5.69 Å². The molecule has 0 fully saturated rings. The fourth-order valence-electron chi connectivity index (χ4n) is 2.27. The van der Waals surface area contributed by atoms with Crippen LogP contribution in [0.15, 0.2) is 36.4 Å². The second-order valence-electron chi connectivity index (χ2n) is 5.20. The molecule has 24 heavy (non-hydrogen) atoms. The third-order valence-electron chi connectivity index (χ3n) is 3.42. The molecule has 0 unspecified atom stereocenters. The highest BCUT2D eigenvalue weighted by Gasteiger charge is 2.16. The van der Waals surface area contributed by atoms with Gasteiger partial charge in [0.1, 0.15) is 5.75 Å². The van der Waals surface area contributed by atoms with E-state index in [-0.39, 0.29) is 18.0 Å². The molecule has 0 bridgehead atoms. The van der Waals surface area contributed by atoms with E-state index < -0.39 is 10.8 Å². The topological polar surface area (TPSA) is 90.7 Å². The quantitative estimate of drug-likeness (QED) is 0.648. The molecule has 0 aliphatic rings. The minimum Gasteiger partial charge on any atom is -0.490 e. The summed E-state index contributed by atoms with van der Waals surface area (Å²) in [5, 5.41) is 13.6. The second-order valence-corrected chi connectivity index (χ2v) is 5.20. The molecular formula is C17H18N2O5. The smallest absolute Gasteiger partial charge is 0.312 e. The highest BCUT2D eigenvalue weighted by molar-refractivity contribution is 5.92. The highest BCUT2D eigenvalue weighted by Crippen LogP contribution is 2.29. The molecule has 0 aliphatic heterocycles. The second kappa shape index (κ2) is 7.45. The molecule has 2 rings (SSSR count). The van der Waals surface area contributed by atoms with Gasteiger partial charge in [-0.25, -0.2) is 0 Å². The van der Waals surface area contributed by atoms with E-state index in [2.05, 4.69) is 5.32 Å². The lowest BCUT2D eigenvalue weighted by atomic mass is 10.1. The van der Waals surface area contributed by atoms with Crippen LogP contribution in [0.2, 0.25) is 0 Å². The first-order valence-corrected chi connectivity index (χ1v) is 7.23. The Morgan fingerprint density at radius 3 is 2.46 bits per heavy atom. The molecule has 2 aromatic rings. The Kier molecular flexibility index (Phi) is 5.36. The average molecular weight is 330 g/mol. The molecule has 1 amide bonds. The molecule has 7 heteroatoms. The molecular weight excluding hydrogens is 312 g/mol. The minimum atomic E-state index is -0.568. The molecule has 0 aromatic heterocycles. The first kappa shape index (κ1) is 17.3. The molecule has 0 spiro atoms. The maximum Gasteiger partial charge on any atom is 0.312 e. The van der Waals surface area contributed by atoms with Gasteiger partial charge < -0.3 is 14.8 Å². The number of nitrogens with zero attached hydrogens (tertiary/aromatic N) is 1. The molecule has 0 atom stereocenters. The molecule has 0 heterocycles. The first-order chi connectivity index (χ1) is 11.4. The van der Waals surface area contributed by atoms with Gasteiger partial charge in [-0.1, -0.05) is 18.2 Å². The van der Waals surface area contributed by atoms with Crippen LogP contribution in [0.4, 0.5) is 11.4 Å². The molecule has 1 N–H and O–H groups in total. The van der Waals surface area contributed by atoms with E-state index >= 15 is 0 Å². The molecule has 2 aromatic carbocycles. The van der Waals surface area contributed by atoms with Crippen LogP contribution in [0.5, 0.6) is 11.5 Å². The fraction of sp³-hybridized carbons (Fsp3) is 0.235. The van der Waals surface area contributed by atoms with E-state index in [1.807, 2.05) is 32.0 Å². The summed E-state index contributed by atoms with van der Waals surface area (Å²) in [6, 6.07) is 9.91. The van der Waals surface area contributed by atoms with E-state index in [1.54, 1.807) is 0 Å². The maximum absolute atomic E-state index is 12.0. The number of hydrogen-bond acceptors (Lipinski definition) is 5. The number of aryl methyl sites for hydroxylation is 2. The van der Waals surface area contributed by atoms with Crippen LogP contribution < -0.4 is 14.8 Å². The van der Waals surface area contributed by atoms with E-state index in [9.17, 15) is 14.9 Å². The summed E-state index contributed by atoms with van der Waals surface area (Å²) in [5.74, 6) is 0.385. The van der Waals surface area contributed by atoms with Gasteiger partial charge in [-0.3, -0.25) is 14.9 Å². The van der Waals surface area contributed by atoms with Gasteiger partial charge in [0.25, 0.3) is 5.91 Å². The summed E-state index contributed by atoms with van der Waals surface area (Å²) in [6.07, 6.45) is 0. The number of methoxy groups -OCH3 is 1. The van der Waals surface area contributed by atoms with Crippen molar-refractivity contribution in [2.45, 2.75) is 13.8 Å². The van der Waals surface area contributed by atoms with Gasteiger partial charge in [-0.15, -0.1) is 0 Å². The number of benzene rings is 2. The van der Waals surface area contributed by atoms with Crippen LogP contribution in [0, 0.1) is 24.0 Å². The van der Waals surface area contributed by atoms with Crippen molar-refractivity contribution in [3.05, 3.63) is 57.6 Å². The third kappa shape index (κ3) is 4.01. The van der Waals surface area contributed by atoms with Crippen molar-refractivity contribution in [2.75, 3.05) is 19.0 Å². The number of rotatable bonds is 6. The van der Waals surface area contributed by atoms with Gasteiger partial charge in [-0.2, -0.15) is 0 Å². The summed E-state index contributed by atoms with van der Waals surface area (Å²) < 4.78 is 10.5. The van der Waals surface area contributed by atoms with Crippen molar-refractivity contribution in [3.63, 3.8) is 0 Å². The summed E-state index contributed by atoms with van der Waals surface area (Å²) in [6.45, 7) is 3.60. The number of carbonyl (C=O) groups excluding carboxylic acids is 1. The van der Waals surface area contributed by atoms with Gasteiger partial charge in [0.05, 0.1) is 12.0 Å². The number of nitro benzene ring substituents is 1. The SMILES string of the molecule is COc1ccc(NC(=O)COc2c(C)cccc2C)cc1[N+](=O)[O-]. The van der Waals surface area contributed by atoms with E-state index in [0.717, 1.165) is 11.1 Å². The van der Waals surface area contributed by atoms with Crippen LogP contribution in [0.1, 0.15) is 11.1 Å². The van der Waals surface area contributed by atoms with E-state index in [1.165, 1.54) is 25.3 Å². The number of hydrogen-bond donors (Lipinski definition) is 1. The largest absolute Gasteiger partial charge is 0.490 e.